The zero-order chi connectivity index (χ0) is 83.7. The number of hydrogen-bond acceptors (Lipinski definition) is 21. The van der Waals surface area contributed by atoms with Gasteiger partial charge in [0, 0.05) is 0 Å². The number of carboxylic acid groups (broad SMARTS) is 3. The van der Waals surface area contributed by atoms with E-state index in [1.54, 1.807) is 20.8 Å². The van der Waals surface area contributed by atoms with Crippen LogP contribution < -0.4 is 48.0 Å². The summed E-state index contributed by atoms with van der Waals surface area (Å²) in [5.74, 6) is -3.34. The van der Waals surface area contributed by atoms with Crippen LogP contribution in [0.4, 0.5) is 13.2 Å². The molecular weight excluding hydrogens is 1580 g/mol. The first-order valence-electron chi connectivity index (χ1n) is 36.0. The molecule has 33 heteroatoms. The maximum Gasteiger partial charge on any atom is 0.333 e. The van der Waals surface area contributed by atoms with Gasteiger partial charge in [-0.25, -0.2) is 70.6 Å². The quantitative estimate of drug-likeness (QED) is 0.0506. The summed E-state index contributed by atoms with van der Waals surface area (Å²) in [7, 11) is 0. The lowest BCUT2D eigenvalue weighted by molar-refractivity contribution is -0.146. The summed E-state index contributed by atoms with van der Waals surface area (Å²) >= 11 is 3.45. The van der Waals surface area contributed by atoms with Crippen molar-refractivity contribution >= 4 is 82.6 Å². The predicted octanol–water partition coefficient (Wildman–Crippen LogP) is 14.9. The monoisotopic (exact) mass is 1650 g/mol. The second kappa shape index (κ2) is 33.1. The summed E-state index contributed by atoms with van der Waals surface area (Å²) in [5, 5.41) is 30.3. The number of nitrogens with zero attached hydrogens (tertiary/aromatic N) is 9. The van der Waals surface area contributed by atoms with Crippen LogP contribution in [0.15, 0.2) is 243 Å². The number of hydrogen-bond donors (Lipinski definition) is 3. The summed E-state index contributed by atoms with van der Waals surface area (Å²) in [4.78, 5) is 135. The van der Waals surface area contributed by atoms with Gasteiger partial charge in [-0.1, -0.05) is 91.0 Å². The zero-order valence-corrected chi connectivity index (χ0v) is 66.2. The average Bonchev–Trinajstić information content (AvgIpc) is 1.63. The minimum atomic E-state index is -1.85. The van der Waals surface area contributed by atoms with Gasteiger partial charge in [0.05, 0.1) is 69.0 Å². The Hall–Kier alpha value is -13.5. The number of benzene rings is 6. The topological polar surface area (TPSA) is 350 Å². The van der Waals surface area contributed by atoms with E-state index < -0.39 is 104 Å². The van der Waals surface area contributed by atoms with Crippen molar-refractivity contribution in [3.8, 4) is 49.6 Å². The summed E-state index contributed by atoms with van der Waals surface area (Å²) < 4.78 is 82.0. The fraction of sp³-hybridized carbons (Fsp3) is 0.214. The van der Waals surface area contributed by atoms with Crippen molar-refractivity contribution < 1.29 is 70.3 Å². The molecule has 15 rings (SSSR count). The summed E-state index contributed by atoms with van der Waals surface area (Å²) in [6, 6.07) is 43.9. The smallest absolute Gasteiger partial charge is 0.333 e. The standard InChI is InChI=1S/3C28H24FN3O6S/c3*1-16-21-24(33)32(28(2,3)26(34)35)27(36)31(25(21)39-22(16)23-30-13-14-37-23)15-20(17-7-5-4-6-8-17)38-19-11-9-18(29)10-12-19/h3*4-14,20H,15H2,1-3H3,(H,34,35)/t2*20-;/m00./s1. The highest BCUT2D eigenvalue weighted by Crippen LogP contribution is 2.41. The molecule has 0 radical (unpaired) electrons. The fourth-order valence-electron chi connectivity index (χ4n) is 13.1. The van der Waals surface area contributed by atoms with Gasteiger partial charge >= 0.3 is 35.0 Å². The number of aromatic nitrogens is 9. The summed E-state index contributed by atoms with van der Waals surface area (Å²) in [5.41, 5.74) is -6.40. The molecule has 3 atom stereocenters. The van der Waals surface area contributed by atoms with Gasteiger partial charge in [0.1, 0.15) is 103 Å². The Morgan fingerprint density at radius 1 is 0.385 bits per heavy atom. The van der Waals surface area contributed by atoms with Crippen molar-refractivity contribution in [3.63, 3.8) is 0 Å². The van der Waals surface area contributed by atoms with Crippen molar-refractivity contribution in [2.45, 2.75) is 117 Å². The van der Waals surface area contributed by atoms with E-state index in [0.29, 0.717) is 63.1 Å². The van der Waals surface area contributed by atoms with E-state index in [-0.39, 0.29) is 53.5 Å². The van der Waals surface area contributed by atoms with Crippen LogP contribution in [0, 0.1) is 38.2 Å². The molecule has 1 unspecified atom stereocenters. The largest absolute Gasteiger partial charge is 0.484 e. The Labute approximate surface area is 672 Å². The molecule has 0 saturated heterocycles. The molecular formula is C84H72F3N9O18S3. The highest BCUT2D eigenvalue weighted by atomic mass is 32.1. The van der Waals surface area contributed by atoms with Gasteiger partial charge < -0.3 is 42.8 Å². The molecule has 0 aliphatic rings. The molecule has 9 heterocycles. The SMILES string of the molecule is Cc1c(-c2ncco2)sc2c1c(=O)n(C(C)(C)C(=O)O)c(=O)n2CC(Oc1ccc(F)cc1)c1ccccc1.Cc1c(-c2ncco2)sc2c1c(=O)n(C(C)(C)C(=O)O)c(=O)n2C[C@H](Oc1ccc(F)cc1)c1ccccc1.Cc1c(-c2ncco2)sc2c1c(=O)n(C(C)(C)C(=O)O)c(=O)n2C[C@H](Oc1ccc(F)cc1)c1ccccc1. The second-order valence-corrected chi connectivity index (χ2v) is 31.3. The number of rotatable bonds is 24. The number of fused-ring (bicyclic) bond motifs is 3. The first-order chi connectivity index (χ1) is 55.8. The summed E-state index contributed by atoms with van der Waals surface area (Å²) in [6.45, 7) is 12.7. The molecule has 0 amide bonds. The Kier molecular flexibility index (Phi) is 23.1. The second-order valence-electron chi connectivity index (χ2n) is 28.3. The molecule has 0 spiro atoms. The molecule has 0 fully saturated rings. The number of aliphatic carboxylic acids is 3. The molecule has 0 aliphatic heterocycles. The highest BCUT2D eigenvalue weighted by Gasteiger charge is 2.40. The molecule has 0 saturated carbocycles. The van der Waals surface area contributed by atoms with Crippen LogP contribution in [-0.4, -0.2) is 75.6 Å². The summed E-state index contributed by atoms with van der Waals surface area (Å²) in [6.07, 6.45) is 6.39. The third-order valence-corrected chi connectivity index (χ3v) is 23.5. The minimum Gasteiger partial charge on any atom is -0.484 e. The van der Waals surface area contributed by atoms with E-state index in [1.165, 1.54) is 165 Å². The van der Waals surface area contributed by atoms with E-state index in [4.69, 9.17) is 27.5 Å². The molecule has 3 N–H and O–H groups in total. The van der Waals surface area contributed by atoms with Crippen LogP contribution in [0.2, 0.25) is 0 Å². The van der Waals surface area contributed by atoms with Gasteiger partial charge in [0.25, 0.3) is 16.7 Å². The van der Waals surface area contributed by atoms with Crippen molar-refractivity contribution in [2.75, 3.05) is 0 Å². The maximum absolute atomic E-state index is 14.0. The van der Waals surface area contributed by atoms with Crippen LogP contribution in [0.25, 0.3) is 63.0 Å². The lowest BCUT2D eigenvalue weighted by atomic mass is 10.1. The molecule has 0 aliphatic carbocycles. The molecule has 6 aromatic carbocycles. The Balaban J connectivity index is 0.000000152. The van der Waals surface area contributed by atoms with E-state index in [2.05, 4.69) is 15.0 Å². The Morgan fingerprint density at radius 2 is 0.615 bits per heavy atom. The first kappa shape index (κ1) is 81.5. The maximum atomic E-state index is 14.0. The fourth-order valence-corrected chi connectivity index (χ4v) is 16.8. The number of halogens is 3. The Morgan fingerprint density at radius 3 is 0.821 bits per heavy atom. The molecule has 117 heavy (non-hydrogen) atoms. The highest BCUT2D eigenvalue weighted by molar-refractivity contribution is 7.22. The van der Waals surface area contributed by atoms with Crippen LogP contribution in [0.1, 0.15) is 93.2 Å². The van der Waals surface area contributed by atoms with Crippen LogP contribution in [0.5, 0.6) is 17.2 Å². The molecule has 15 aromatic rings. The molecule has 600 valence electrons. The van der Waals surface area contributed by atoms with Gasteiger partial charge in [-0.3, -0.25) is 28.1 Å². The van der Waals surface area contributed by atoms with E-state index >= 15 is 0 Å². The number of thiophene rings is 3. The van der Waals surface area contributed by atoms with Gasteiger partial charge in [0.15, 0.2) is 0 Å². The number of aryl methyl sites for hydroxylation is 3. The zero-order valence-electron chi connectivity index (χ0n) is 63.8. The lowest BCUT2D eigenvalue weighted by Crippen LogP contribution is -2.52. The normalized spacial score (nSPS) is 12.5. The van der Waals surface area contributed by atoms with Crippen molar-refractivity contribution in [1.29, 1.82) is 0 Å². The van der Waals surface area contributed by atoms with E-state index in [0.717, 1.165) is 64.4 Å². The molecule has 27 nitrogen and oxygen atoms in total. The van der Waals surface area contributed by atoms with Gasteiger partial charge in [-0.15, -0.1) is 34.0 Å². The van der Waals surface area contributed by atoms with Gasteiger partial charge in [-0.05, 0) is 168 Å². The average molecular weight is 1650 g/mol. The van der Waals surface area contributed by atoms with Crippen molar-refractivity contribution in [2.24, 2.45) is 0 Å². The third kappa shape index (κ3) is 16.1. The van der Waals surface area contributed by atoms with Crippen LogP contribution in [0.3, 0.4) is 0 Å². The van der Waals surface area contributed by atoms with Gasteiger partial charge in [-0.2, -0.15) is 0 Å². The molecule has 0 bridgehead atoms. The number of oxazole rings is 3. The molecule has 9 aromatic heterocycles. The van der Waals surface area contributed by atoms with Crippen LogP contribution >= 0.6 is 34.0 Å². The number of carboxylic acids is 3. The third-order valence-electron chi connectivity index (χ3n) is 19.6. The predicted molar refractivity (Wildman–Crippen MR) is 431 cm³/mol. The number of carbonyl (C=O) groups is 3. The Bertz CT molecular complexity index is 5940. The minimum absolute atomic E-state index is 0.0717. The van der Waals surface area contributed by atoms with Crippen molar-refractivity contribution in [3.05, 3.63) is 315 Å². The van der Waals surface area contributed by atoms with E-state index in [9.17, 15) is 71.6 Å². The lowest BCUT2D eigenvalue weighted by Gasteiger charge is -2.25. The van der Waals surface area contributed by atoms with Crippen LogP contribution in [-0.2, 0) is 50.6 Å². The van der Waals surface area contributed by atoms with E-state index in [1.807, 2.05) is 91.0 Å². The first-order valence-corrected chi connectivity index (χ1v) is 38.4. The van der Waals surface area contributed by atoms with Crippen molar-refractivity contribution in [1.82, 2.24) is 42.4 Å². The van der Waals surface area contributed by atoms with Gasteiger partial charge in [0.2, 0.25) is 17.7 Å². The number of ether oxygens (including phenoxy) is 3.